The number of rotatable bonds is 12. The maximum absolute atomic E-state index is 13.8. The summed E-state index contributed by atoms with van der Waals surface area (Å²) in [4.78, 5) is 44.2. The number of benzene rings is 2. The summed E-state index contributed by atoms with van der Waals surface area (Å²) < 4.78 is 37.7. The number of nitrogens with one attached hydrogen (secondary N) is 2. The van der Waals surface area contributed by atoms with Gasteiger partial charge in [-0.3, -0.25) is 15.0 Å². The number of hydrogen-bond donors (Lipinski definition) is 3. The van der Waals surface area contributed by atoms with Crippen molar-refractivity contribution in [1.29, 1.82) is 0 Å². The number of aliphatic hydroxyl groups is 1. The molecule has 226 valence electrons. The Bertz CT molecular complexity index is 1410. The number of amides is 3. The molecule has 0 spiro atoms. The Morgan fingerprint density at radius 2 is 1.81 bits per heavy atom. The van der Waals surface area contributed by atoms with Crippen LogP contribution in [0.5, 0.6) is 0 Å². The van der Waals surface area contributed by atoms with Gasteiger partial charge in [-0.1, -0.05) is 23.7 Å². The van der Waals surface area contributed by atoms with Crippen molar-refractivity contribution in [3.05, 3.63) is 70.9 Å². The number of fused-ring (bicyclic) bond motifs is 1. The predicted molar refractivity (Wildman–Crippen MR) is 152 cm³/mol. The lowest BCUT2D eigenvalue weighted by molar-refractivity contribution is -0.147. The maximum atomic E-state index is 13.8. The molecule has 42 heavy (non-hydrogen) atoms. The highest BCUT2D eigenvalue weighted by atomic mass is 35.5. The van der Waals surface area contributed by atoms with Crippen molar-refractivity contribution >= 4 is 46.3 Å². The minimum atomic E-state index is -1.20. The quantitative estimate of drug-likeness (QED) is 0.265. The van der Waals surface area contributed by atoms with Crippen LogP contribution in [0.3, 0.4) is 0 Å². The van der Waals surface area contributed by atoms with E-state index in [2.05, 4.69) is 15.6 Å². The van der Waals surface area contributed by atoms with Gasteiger partial charge in [0.05, 0.1) is 23.7 Å². The molecule has 0 aliphatic heterocycles. The molecule has 0 aliphatic carbocycles. The molecule has 0 aliphatic rings. The van der Waals surface area contributed by atoms with Gasteiger partial charge in [-0.15, -0.1) is 0 Å². The molecule has 0 bridgehead atoms. The van der Waals surface area contributed by atoms with Gasteiger partial charge < -0.3 is 24.8 Å². The molecule has 0 fully saturated rings. The largest absolute Gasteiger partial charge is 0.462 e. The molecule has 3 amide bonds. The van der Waals surface area contributed by atoms with E-state index < -0.39 is 41.9 Å². The Morgan fingerprint density at radius 1 is 1.05 bits per heavy atom. The van der Waals surface area contributed by atoms with Gasteiger partial charge >= 0.3 is 18.1 Å². The number of anilines is 1. The number of pyridine rings is 1. The number of aliphatic hydroxyl groups excluding tert-OH is 1. The van der Waals surface area contributed by atoms with E-state index in [0.717, 1.165) is 0 Å². The molecule has 11 nitrogen and oxygen atoms in total. The fourth-order valence-corrected chi connectivity index (χ4v) is 4.04. The molecule has 2 atom stereocenters. The third-order valence-corrected chi connectivity index (χ3v) is 6.50. The van der Waals surface area contributed by atoms with Gasteiger partial charge in [-0.25, -0.2) is 23.4 Å². The molecular weight excluding hydrogens is 576 g/mol. The van der Waals surface area contributed by atoms with Crippen LogP contribution in [0.2, 0.25) is 5.02 Å². The molecule has 0 saturated carbocycles. The van der Waals surface area contributed by atoms with Gasteiger partial charge in [0.1, 0.15) is 30.7 Å². The van der Waals surface area contributed by atoms with Crippen molar-refractivity contribution < 1.29 is 37.7 Å². The average Bonchev–Trinajstić information content (AvgIpc) is 2.93. The van der Waals surface area contributed by atoms with E-state index in [0.29, 0.717) is 16.3 Å². The van der Waals surface area contributed by atoms with Crippen LogP contribution >= 0.6 is 11.6 Å². The van der Waals surface area contributed by atoms with E-state index in [1.54, 1.807) is 31.1 Å². The third kappa shape index (κ3) is 9.79. The lowest BCUT2D eigenvalue weighted by Crippen LogP contribution is -2.47. The first-order valence-corrected chi connectivity index (χ1v) is 13.2. The normalized spacial score (nSPS) is 12.5. The Balaban J connectivity index is 1.64. The number of urea groups is 1. The highest BCUT2D eigenvalue weighted by Crippen LogP contribution is 2.20. The molecule has 2 aromatic carbocycles. The molecule has 3 rings (SSSR count). The number of carbonyl (C=O) groups excluding carboxylic acids is 3. The van der Waals surface area contributed by atoms with Crippen molar-refractivity contribution in [2.75, 3.05) is 46.2 Å². The van der Waals surface area contributed by atoms with Crippen molar-refractivity contribution in [1.82, 2.24) is 20.1 Å². The van der Waals surface area contributed by atoms with Gasteiger partial charge in [0.25, 0.3) is 0 Å². The summed E-state index contributed by atoms with van der Waals surface area (Å²) in [6.45, 7) is -0.782. The number of nitrogens with zero attached hydrogens (tertiary/aromatic N) is 3. The van der Waals surface area contributed by atoms with Crippen LogP contribution in [0, 0.1) is 11.6 Å². The molecule has 3 aromatic rings. The zero-order valence-corrected chi connectivity index (χ0v) is 24.0. The van der Waals surface area contributed by atoms with Crippen LogP contribution < -0.4 is 10.6 Å². The van der Waals surface area contributed by atoms with Gasteiger partial charge in [0.2, 0.25) is 0 Å². The zero-order valence-electron chi connectivity index (χ0n) is 23.3. The number of halogens is 3. The molecule has 14 heteroatoms. The molecular formula is C28H32ClF2N5O6. The van der Waals surface area contributed by atoms with Crippen LogP contribution in [0.15, 0.2) is 48.7 Å². The van der Waals surface area contributed by atoms with Crippen LogP contribution in [-0.2, 0) is 20.8 Å². The Labute approximate surface area is 246 Å². The second kappa shape index (κ2) is 15.2. The first-order valence-electron chi connectivity index (χ1n) is 12.8. The molecule has 3 N–H and O–H groups in total. The van der Waals surface area contributed by atoms with E-state index in [-0.39, 0.29) is 43.6 Å². The van der Waals surface area contributed by atoms with Crippen LogP contribution in [-0.4, -0.2) is 91.0 Å². The summed E-state index contributed by atoms with van der Waals surface area (Å²) in [7, 11) is 4.79. The molecule has 1 heterocycles. The molecule has 1 unspecified atom stereocenters. The Morgan fingerprint density at radius 3 is 2.55 bits per heavy atom. The number of carbonyl (C=O) groups is 3. The lowest BCUT2D eigenvalue weighted by atomic mass is 10.1. The van der Waals surface area contributed by atoms with Gasteiger partial charge in [0.15, 0.2) is 0 Å². The monoisotopic (exact) mass is 607 g/mol. The fourth-order valence-electron chi connectivity index (χ4n) is 3.85. The fraction of sp³-hybridized carbons (Fsp3) is 0.357. The standard InChI is InChI=1S/C28H32ClF2N5O6/c1-35(2)14-25(38)41-16-22(37)11-21(36(3)27(39)33-13-18-5-4-6-23(31)26(18)29)15-42-28(40)34-24-10-19-9-20(30)8-7-17(19)12-32-24/h4-10,12,21-22,37H,11,13-16H2,1-3H3,(H,33,39)(H,32,34,40)/t21-,22?/m0/s1. The predicted octanol–water partition coefficient (Wildman–Crippen LogP) is 3.78. The van der Waals surface area contributed by atoms with E-state index in [4.69, 9.17) is 21.1 Å². The third-order valence-electron chi connectivity index (χ3n) is 6.08. The van der Waals surface area contributed by atoms with E-state index >= 15 is 0 Å². The minimum Gasteiger partial charge on any atom is -0.462 e. The first-order chi connectivity index (χ1) is 19.9. The summed E-state index contributed by atoms with van der Waals surface area (Å²) in [5.41, 5.74) is 0.348. The van der Waals surface area contributed by atoms with E-state index in [1.807, 2.05) is 0 Å². The summed E-state index contributed by atoms with van der Waals surface area (Å²) in [6.07, 6.45) is -0.765. The highest BCUT2D eigenvalue weighted by Gasteiger charge is 2.26. The van der Waals surface area contributed by atoms with Gasteiger partial charge in [-0.2, -0.15) is 0 Å². The second-order valence-corrected chi connectivity index (χ2v) is 10.1. The maximum Gasteiger partial charge on any atom is 0.412 e. The van der Waals surface area contributed by atoms with Gasteiger partial charge in [0, 0.05) is 31.6 Å². The van der Waals surface area contributed by atoms with Crippen LogP contribution in [0.1, 0.15) is 12.0 Å². The Hall–Kier alpha value is -4.07. The van der Waals surface area contributed by atoms with Crippen LogP contribution in [0.25, 0.3) is 10.8 Å². The zero-order chi connectivity index (χ0) is 30.8. The molecule has 1 aromatic heterocycles. The highest BCUT2D eigenvalue weighted by molar-refractivity contribution is 6.31. The van der Waals surface area contributed by atoms with E-state index in [9.17, 15) is 28.3 Å². The van der Waals surface area contributed by atoms with Crippen molar-refractivity contribution in [2.45, 2.75) is 25.1 Å². The molecule has 0 saturated heterocycles. The average molecular weight is 608 g/mol. The lowest BCUT2D eigenvalue weighted by Gasteiger charge is -2.29. The number of likely N-dealkylation sites (N-methyl/N-ethyl adjacent to an activating group) is 2. The molecule has 0 radical (unpaired) electrons. The summed E-state index contributed by atoms with van der Waals surface area (Å²) in [5, 5.41) is 16.6. The number of aromatic nitrogens is 1. The summed E-state index contributed by atoms with van der Waals surface area (Å²) >= 11 is 5.96. The van der Waals surface area contributed by atoms with Crippen molar-refractivity contribution in [3.8, 4) is 0 Å². The minimum absolute atomic E-state index is 0.0137. The van der Waals surface area contributed by atoms with Crippen LogP contribution in [0.4, 0.5) is 24.2 Å². The number of ether oxygens (including phenoxy) is 2. The summed E-state index contributed by atoms with van der Waals surface area (Å²) in [5.74, 6) is -1.52. The smallest absolute Gasteiger partial charge is 0.412 e. The van der Waals surface area contributed by atoms with Gasteiger partial charge in [-0.05, 0) is 55.4 Å². The first kappa shape index (κ1) is 32.4. The second-order valence-electron chi connectivity index (χ2n) is 9.73. The van der Waals surface area contributed by atoms with Crippen molar-refractivity contribution in [3.63, 3.8) is 0 Å². The number of hydrogen-bond acceptors (Lipinski definition) is 8. The Kier molecular flexibility index (Phi) is 11.8. The topological polar surface area (TPSA) is 133 Å². The number of esters is 1. The summed E-state index contributed by atoms with van der Waals surface area (Å²) in [6, 6.07) is 8.31. The van der Waals surface area contributed by atoms with Crippen molar-refractivity contribution in [2.24, 2.45) is 0 Å². The van der Waals surface area contributed by atoms with E-state index in [1.165, 1.54) is 48.5 Å². The SMILES string of the molecule is CN(C)CC(=O)OCC(O)C[C@@H](COC(=O)Nc1cc2cc(F)ccc2cn1)N(C)C(=O)NCc1cccc(F)c1Cl.